The van der Waals surface area contributed by atoms with Crippen LogP contribution in [-0.4, -0.2) is 49.5 Å². The van der Waals surface area contributed by atoms with Crippen molar-refractivity contribution in [1.29, 1.82) is 0 Å². The van der Waals surface area contributed by atoms with Gasteiger partial charge in [-0.05, 0) is 30.7 Å². The summed E-state index contributed by atoms with van der Waals surface area (Å²) < 4.78 is 119. The van der Waals surface area contributed by atoms with Crippen LogP contribution in [0.4, 0.5) is 33.8 Å². The fourth-order valence-corrected chi connectivity index (χ4v) is 11.2. The summed E-state index contributed by atoms with van der Waals surface area (Å²) in [6.07, 6.45) is 4.37. The van der Waals surface area contributed by atoms with E-state index in [2.05, 4.69) is 48.5 Å². The van der Waals surface area contributed by atoms with Crippen LogP contribution in [0, 0.1) is 0 Å². The SMILES string of the molecule is [F][Sb-]([F])([F])([F])([F])[F].[F][Sb-]([F])([F])([F])([F])[F].c1ccc2c(c1)[S+]1c3ccccc3[S+]2C2CCCC21. The van der Waals surface area contributed by atoms with Crippen molar-refractivity contribution in [2.45, 2.75) is 49.3 Å². The second kappa shape index (κ2) is 7.25. The molecule has 1 aliphatic carbocycles. The van der Waals surface area contributed by atoms with Crippen LogP contribution in [0.5, 0.6) is 0 Å². The van der Waals surface area contributed by atoms with Crippen LogP contribution in [0.25, 0.3) is 0 Å². The van der Waals surface area contributed by atoms with Crippen LogP contribution in [0.1, 0.15) is 19.3 Å². The van der Waals surface area contributed by atoms with Crippen LogP contribution in [0.2, 0.25) is 0 Å². The van der Waals surface area contributed by atoms with E-state index in [4.69, 9.17) is 0 Å². The molecule has 1 saturated carbocycles. The van der Waals surface area contributed by atoms with Crippen LogP contribution in [-0.2, 0) is 21.8 Å². The maximum Gasteiger partial charge on any atom is 0.216 e. The average molecular weight is 756 g/mol. The molecule has 2 unspecified atom stereocenters. The van der Waals surface area contributed by atoms with E-state index in [1.165, 1.54) is 19.3 Å². The Labute approximate surface area is 191 Å². The quantitative estimate of drug-likeness (QED) is 0.144. The molecule has 0 amide bonds. The minimum atomic E-state index is -11.2. The topological polar surface area (TPSA) is 0 Å². The summed E-state index contributed by atoms with van der Waals surface area (Å²) in [5.74, 6) is 0. The van der Waals surface area contributed by atoms with Gasteiger partial charge in [0, 0.05) is 12.8 Å². The molecule has 1 fully saturated rings. The molecule has 4 aliphatic rings. The van der Waals surface area contributed by atoms with Crippen LogP contribution < -0.4 is 0 Å². The molecule has 16 heteroatoms. The van der Waals surface area contributed by atoms with Crippen molar-refractivity contribution in [3.63, 3.8) is 0 Å². The van der Waals surface area contributed by atoms with E-state index in [1.807, 2.05) is 0 Å². The number of hydrogen-bond donors (Lipinski definition) is 0. The molecule has 2 atom stereocenters. The van der Waals surface area contributed by atoms with Gasteiger partial charge in [-0.2, -0.15) is 0 Å². The van der Waals surface area contributed by atoms with Crippen molar-refractivity contribution in [1.82, 2.24) is 0 Å². The molecule has 0 N–H and O–H groups in total. The minimum Gasteiger partial charge on any atom is -0.0569 e. The summed E-state index contributed by atoms with van der Waals surface area (Å²) >= 11 is -22.5. The molecule has 0 spiro atoms. The Hall–Kier alpha value is -0.0636. The first-order chi connectivity index (χ1) is 14.3. The summed E-state index contributed by atoms with van der Waals surface area (Å²) in [5.41, 5.74) is 0. The van der Waals surface area contributed by atoms with E-state index in [1.54, 1.807) is 19.6 Å². The van der Waals surface area contributed by atoms with E-state index >= 15 is 0 Å². The molecule has 190 valence electrons. The van der Waals surface area contributed by atoms with Crippen molar-refractivity contribution in [3.8, 4) is 0 Å². The summed E-state index contributed by atoms with van der Waals surface area (Å²) in [6.45, 7) is 0. The molecular formula is C17H16F12S2Sb2. The van der Waals surface area contributed by atoms with Gasteiger partial charge in [0.2, 0.25) is 19.6 Å². The minimum absolute atomic E-state index is 0.366. The number of hydrogen-bond acceptors (Lipinski definition) is 0. The molecule has 0 saturated heterocycles. The molecule has 0 radical (unpaired) electrons. The number of benzene rings is 2. The van der Waals surface area contributed by atoms with Crippen molar-refractivity contribution in [3.05, 3.63) is 48.5 Å². The third-order valence-corrected chi connectivity index (χ3v) is 10.7. The van der Waals surface area contributed by atoms with Crippen LogP contribution in [0.15, 0.2) is 68.1 Å². The zero-order valence-corrected chi connectivity index (χ0v) is 22.9. The number of rotatable bonds is 0. The van der Waals surface area contributed by atoms with Gasteiger partial charge in [-0.3, -0.25) is 0 Å². The smallest absolute Gasteiger partial charge is 0.0569 e. The van der Waals surface area contributed by atoms with Gasteiger partial charge in [-0.25, -0.2) is 0 Å². The molecule has 0 aromatic heterocycles. The second-order valence-electron chi connectivity index (χ2n) is 7.49. The Kier molecular flexibility index (Phi) is 6.05. The summed E-state index contributed by atoms with van der Waals surface area (Å²) in [7, 11) is 0.732. The molecule has 2 aromatic rings. The van der Waals surface area contributed by atoms with Crippen molar-refractivity contribution in [2.24, 2.45) is 0 Å². The number of halogens is 12. The third-order valence-electron chi connectivity index (χ3n) is 4.64. The summed E-state index contributed by atoms with van der Waals surface area (Å²) in [4.78, 5) is 6.70. The van der Waals surface area contributed by atoms with Gasteiger partial charge in [-0.1, -0.05) is 24.3 Å². The monoisotopic (exact) mass is 754 g/mol. The normalized spacial score (nSPS) is 29.2. The van der Waals surface area contributed by atoms with E-state index in [0.717, 1.165) is 10.5 Å². The Bertz CT molecular complexity index is 912. The van der Waals surface area contributed by atoms with Crippen molar-refractivity contribution >= 4 is 60.7 Å². The first-order valence-corrected chi connectivity index (χ1v) is 23.3. The van der Waals surface area contributed by atoms with Gasteiger partial charge >= 0.3 is 72.7 Å². The van der Waals surface area contributed by atoms with Gasteiger partial charge in [0.25, 0.3) is 0 Å². The van der Waals surface area contributed by atoms with E-state index in [0.29, 0.717) is 21.8 Å². The zero-order valence-electron chi connectivity index (χ0n) is 16.1. The van der Waals surface area contributed by atoms with Gasteiger partial charge in [0.05, 0.1) is 21.8 Å². The van der Waals surface area contributed by atoms with Crippen LogP contribution >= 0.6 is 0 Å². The van der Waals surface area contributed by atoms with Crippen LogP contribution in [0.3, 0.4) is 0 Å². The molecule has 33 heavy (non-hydrogen) atoms. The predicted molar refractivity (Wildman–Crippen MR) is 107 cm³/mol. The van der Waals surface area contributed by atoms with Gasteiger partial charge in [0.15, 0.2) is 10.5 Å². The average Bonchev–Trinajstić information content (AvgIpc) is 3.06. The van der Waals surface area contributed by atoms with E-state index in [-0.39, 0.29) is 0 Å². The van der Waals surface area contributed by atoms with Gasteiger partial charge in [-0.15, -0.1) is 0 Å². The van der Waals surface area contributed by atoms with E-state index in [9.17, 15) is 33.8 Å². The predicted octanol–water partition coefficient (Wildman–Crippen LogP) is 8.29. The van der Waals surface area contributed by atoms with Gasteiger partial charge in [0.1, 0.15) is 0 Å². The van der Waals surface area contributed by atoms with Crippen molar-refractivity contribution < 1.29 is 33.8 Å². The molecule has 2 aromatic carbocycles. The van der Waals surface area contributed by atoms with Crippen molar-refractivity contribution in [2.75, 3.05) is 0 Å². The summed E-state index contributed by atoms with van der Waals surface area (Å²) in [6, 6.07) is 18.6. The van der Waals surface area contributed by atoms with E-state index < -0.39 is 39.0 Å². The Morgan fingerprint density at radius 2 is 0.697 bits per heavy atom. The zero-order chi connectivity index (χ0) is 25.2. The fraction of sp³-hybridized carbons (Fsp3) is 0.294. The molecule has 2 bridgehead atoms. The second-order valence-corrected chi connectivity index (χ2v) is 22.8. The Morgan fingerprint density at radius 3 is 0.909 bits per heavy atom. The molecule has 3 heterocycles. The maximum absolute atomic E-state index is 11.2. The third kappa shape index (κ3) is 9.15. The molecule has 0 nitrogen and oxygen atoms in total. The Morgan fingerprint density at radius 1 is 0.485 bits per heavy atom. The molecule has 3 aliphatic heterocycles. The first-order valence-electron chi connectivity index (χ1n) is 9.12. The first kappa shape index (κ1) is 27.5. The fourth-order valence-electron chi connectivity index (χ4n) is 3.95. The largest absolute Gasteiger partial charge is 0.216 e. The molecular weight excluding hydrogens is 740 g/mol. The summed E-state index contributed by atoms with van der Waals surface area (Å²) in [5, 5.41) is 1.90. The maximum atomic E-state index is 9.93. The molecule has 6 rings (SSSR count). The standard InChI is InChI=1S/C17H16S2.12FH.2Sb/c1-2-7-13-12(6-1)18-14-8-3-4-9-15(14)19(13)17-11-5-10-16(17)18;;;;;;;;;;;;;;/h1-4,6-9,16-17H,5,10-11H2;12*1H;;/q+2;;;;;;;;;;;;;2*+5/p-12. The van der Waals surface area contributed by atoms with Gasteiger partial charge < -0.3 is 0 Å². The Balaban J connectivity index is 0.000000184.